The lowest BCUT2D eigenvalue weighted by molar-refractivity contribution is 0.0526. The molecule has 0 amide bonds. The van der Waals surface area contributed by atoms with Gasteiger partial charge in [0, 0.05) is 5.69 Å². The number of hydrogen-bond acceptors (Lipinski definition) is 3. The Bertz CT molecular complexity index is 731. The summed E-state index contributed by atoms with van der Waals surface area (Å²) in [5, 5.41) is 6.88. The van der Waals surface area contributed by atoms with Crippen LogP contribution in [0.3, 0.4) is 0 Å². The summed E-state index contributed by atoms with van der Waals surface area (Å²) < 4.78 is 5.01. The number of nitrogens with one attached hydrogen (secondary N) is 2. The molecule has 1 atom stereocenters. The normalized spacial score (nSPS) is 11.5. The van der Waals surface area contributed by atoms with Gasteiger partial charge in [0.25, 0.3) is 0 Å². The number of carbonyl (C=O) groups is 1. The Morgan fingerprint density at radius 1 is 1.21 bits per heavy atom. The van der Waals surface area contributed by atoms with Crippen molar-refractivity contribution in [2.45, 2.75) is 26.8 Å². The van der Waals surface area contributed by atoms with Crippen LogP contribution in [0.1, 0.15) is 41.4 Å². The predicted molar refractivity (Wildman–Crippen MR) is 101 cm³/mol. The largest absolute Gasteiger partial charge is 0.462 e. The van der Waals surface area contributed by atoms with Crippen LogP contribution >= 0.6 is 12.2 Å². The van der Waals surface area contributed by atoms with E-state index in [2.05, 4.69) is 36.6 Å². The number of ether oxygens (including phenoxy) is 1. The molecule has 0 saturated heterocycles. The van der Waals surface area contributed by atoms with E-state index in [4.69, 9.17) is 17.0 Å². The predicted octanol–water partition coefficient (Wildman–Crippen LogP) is 4.22. The van der Waals surface area contributed by atoms with E-state index in [1.54, 1.807) is 25.1 Å². The number of carbonyl (C=O) groups excluding carboxylic acids is 1. The molecule has 0 saturated carbocycles. The van der Waals surface area contributed by atoms with Gasteiger partial charge in [-0.3, -0.25) is 0 Å². The average molecular weight is 342 g/mol. The highest BCUT2D eigenvalue weighted by molar-refractivity contribution is 7.80. The van der Waals surface area contributed by atoms with Crippen molar-refractivity contribution in [2.24, 2.45) is 0 Å². The Balaban J connectivity index is 2.01. The van der Waals surface area contributed by atoms with Crippen molar-refractivity contribution in [3.63, 3.8) is 0 Å². The second-order valence-corrected chi connectivity index (χ2v) is 5.89. The maximum atomic E-state index is 11.8. The number of thiocarbonyl (C=S) groups is 1. The molecule has 24 heavy (non-hydrogen) atoms. The minimum Gasteiger partial charge on any atom is -0.462 e. The Morgan fingerprint density at radius 2 is 1.96 bits per heavy atom. The van der Waals surface area contributed by atoms with E-state index in [0.29, 0.717) is 17.3 Å². The Labute approximate surface area is 148 Å². The van der Waals surface area contributed by atoms with Crippen molar-refractivity contribution in [3.05, 3.63) is 65.2 Å². The molecule has 2 rings (SSSR count). The van der Waals surface area contributed by atoms with E-state index < -0.39 is 0 Å². The molecule has 0 fully saturated rings. The molecular weight excluding hydrogens is 320 g/mol. The molecule has 0 heterocycles. The van der Waals surface area contributed by atoms with Crippen molar-refractivity contribution >= 4 is 29.0 Å². The standard InChI is InChI=1S/C19H22N2O2S/c1-4-23-18(22)15-9-7-10-16(12-15)21-19(24)20-14(3)17-11-6-5-8-13(17)2/h5-12,14H,4H2,1-3H3,(H2,20,21,24)/t14-/m1/s1. The van der Waals surface area contributed by atoms with Gasteiger partial charge in [0.05, 0.1) is 18.2 Å². The Morgan fingerprint density at radius 3 is 2.67 bits per heavy atom. The van der Waals surface area contributed by atoms with Crippen LogP contribution in [0.5, 0.6) is 0 Å². The quantitative estimate of drug-likeness (QED) is 0.629. The van der Waals surface area contributed by atoms with Crippen molar-refractivity contribution in [1.82, 2.24) is 5.32 Å². The average Bonchev–Trinajstić information content (AvgIpc) is 2.55. The highest BCUT2D eigenvalue weighted by atomic mass is 32.1. The van der Waals surface area contributed by atoms with E-state index in [9.17, 15) is 4.79 Å². The first-order valence-electron chi connectivity index (χ1n) is 7.91. The second kappa shape index (κ2) is 8.45. The van der Waals surface area contributed by atoms with Crippen LogP contribution in [-0.2, 0) is 4.74 Å². The molecule has 2 aromatic carbocycles. The van der Waals surface area contributed by atoms with Crippen molar-refractivity contribution < 1.29 is 9.53 Å². The fourth-order valence-corrected chi connectivity index (χ4v) is 2.75. The highest BCUT2D eigenvalue weighted by Gasteiger charge is 2.10. The Hall–Kier alpha value is -2.40. The van der Waals surface area contributed by atoms with E-state index in [0.717, 1.165) is 5.69 Å². The monoisotopic (exact) mass is 342 g/mol. The van der Waals surface area contributed by atoms with Gasteiger partial charge in [0.1, 0.15) is 0 Å². The summed E-state index contributed by atoms with van der Waals surface area (Å²) in [5.41, 5.74) is 3.65. The van der Waals surface area contributed by atoms with Crippen LogP contribution in [0.4, 0.5) is 5.69 Å². The highest BCUT2D eigenvalue weighted by Crippen LogP contribution is 2.17. The summed E-state index contributed by atoms with van der Waals surface area (Å²) in [6, 6.07) is 15.4. The molecule has 0 spiro atoms. The molecule has 0 unspecified atom stereocenters. The summed E-state index contributed by atoms with van der Waals surface area (Å²) in [7, 11) is 0. The number of hydrogen-bond donors (Lipinski definition) is 2. The van der Waals surface area contributed by atoms with Crippen LogP contribution < -0.4 is 10.6 Å². The molecule has 2 N–H and O–H groups in total. The van der Waals surface area contributed by atoms with E-state index in [-0.39, 0.29) is 12.0 Å². The fourth-order valence-electron chi connectivity index (χ4n) is 2.45. The van der Waals surface area contributed by atoms with Gasteiger partial charge in [0.15, 0.2) is 5.11 Å². The van der Waals surface area contributed by atoms with E-state index in [1.165, 1.54) is 11.1 Å². The third-order valence-electron chi connectivity index (χ3n) is 3.63. The SMILES string of the molecule is CCOC(=O)c1cccc(NC(=S)N[C@H](C)c2ccccc2C)c1. The van der Waals surface area contributed by atoms with Gasteiger partial charge in [-0.05, 0) is 62.3 Å². The lowest BCUT2D eigenvalue weighted by Gasteiger charge is -2.19. The van der Waals surface area contributed by atoms with Crippen LogP contribution in [0.25, 0.3) is 0 Å². The zero-order valence-electron chi connectivity index (χ0n) is 14.1. The van der Waals surface area contributed by atoms with Gasteiger partial charge in [-0.15, -0.1) is 0 Å². The van der Waals surface area contributed by atoms with Gasteiger partial charge in [-0.25, -0.2) is 4.79 Å². The zero-order valence-corrected chi connectivity index (χ0v) is 14.9. The summed E-state index contributed by atoms with van der Waals surface area (Å²) in [4.78, 5) is 11.8. The first kappa shape index (κ1) is 17.9. The second-order valence-electron chi connectivity index (χ2n) is 5.48. The molecule has 0 aliphatic rings. The summed E-state index contributed by atoms with van der Waals surface area (Å²) in [5.74, 6) is -0.340. The lowest BCUT2D eigenvalue weighted by atomic mass is 10.0. The Kier molecular flexibility index (Phi) is 6.32. The summed E-state index contributed by atoms with van der Waals surface area (Å²) in [6.07, 6.45) is 0. The minimum absolute atomic E-state index is 0.0828. The van der Waals surface area contributed by atoms with E-state index >= 15 is 0 Å². The van der Waals surface area contributed by atoms with Crippen molar-refractivity contribution in [1.29, 1.82) is 0 Å². The molecule has 0 aliphatic carbocycles. The van der Waals surface area contributed by atoms with Gasteiger partial charge < -0.3 is 15.4 Å². The number of rotatable bonds is 5. The van der Waals surface area contributed by atoms with Crippen LogP contribution in [0, 0.1) is 6.92 Å². The molecule has 126 valence electrons. The number of aryl methyl sites for hydroxylation is 1. The summed E-state index contributed by atoms with van der Waals surface area (Å²) >= 11 is 5.38. The first-order chi connectivity index (χ1) is 11.5. The van der Waals surface area contributed by atoms with Crippen LogP contribution in [-0.4, -0.2) is 17.7 Å². The van der Waals surface area contributed by atoms with Crippen LogP contribution in [0.15, 0.2) is 48.5 Å². The van der Waals surface area contributed by atoms with Gasteiger partial charge in [-0.1, -0.05) is 30.3 Å². The smallest absolute Gasteiger partial charge is 0.338 e. The maximum absolute atomic E-state index is 11.8. The van der Waals surface area contributed by atoms with Gasteiger partial charge in [-0.2, -0.15) is 0 Å². The maximum Gasteiger partial charge on any atom is 0.338 e. The first-order valence-corrected chi connectivity index (χ1v) is 8.32. The van der Waals surface area contributed by atoms with Crippen molar-refractivity contribution in [3.8, 4) is 0 Å². The van der Waals surface area contributed by atoms with Crippen molar-refractivity contribution in [2.75, 3.05) is 11.9 Å². The number of esters is 1. The molecule has 0 bridgehead atoms. The molecule has 2 aromatic rings. The molecule has 0 aromatic heterocycles. The van der Waals surface area contributed by atoms with Gasteiger partial charge >= 0.3 is 5.97 Å². The minimum atomic E-state index is -0.340. The molecule has 0 aliphatic heterocycles. The van der Waals surface area contributed by atoms with Crippen LogP contribution in [0.2, 0.25) is 0 Å². The van der Waals surface area contributed by atoms with Gasteiger partial charge in [0.2, 0.25) is 0 Å². The lowest BCUT2D eigenvalue weighted by Crippen LogP contribution is -2.31. The molecule has 4 nitrogen and oxygen atoms in total. The third-order valence-corrected chi connectivity index (χ3v) is 3.85. The molecular formula is C19H22N2O2S. The fraction of sp³-hybridized carbons (Fsp3) is 0.263. The third kappa shape index (κ3) is 4.80. The summed E-state index contributed by atoms with van der Waals surface area (Å²) in [6.45, 7) is 6.27. The van der Waals surface area contributed by atoms with E-state index in [1.807, 2.05) is 18.2 Å². The topological polar surface area (TPSA) is 50.4 Å². The molecule has 0 radical (unpaired) electrons. The zero-order chi connectivity index (χ0) is 17.5. The number of anilines is 1. The molecule has 5 heteroatoms. The number of benzene rings is 2.